The maximum Gasteiger partial charge on any atom is 0.223 e. The molecule has 2 aromatic rings. The zero-order valence-electron chi connectivity index (χ0n) is 14.9. The summed E-state index contributed by atoms with van der Waals surface area (Å²) in [6.07, 6.45) is 5.42. The maximum absolute atomic E-state index is 12.6. The SMILES string of the molecule is Cc1noc(C)c1CN1C[C@@]2(CCN(Cc3ccncc3)C2)CC1=O. The lowest BCUT2D eigenvalue weighted by molar-refractivity contribution is -0.128. The van der Waals surface area contributed by atoms with Gasteiger partial charge in [0.15, 0.2) is 0 Å². The number of hydrogen-bond acceptors (Lipinski definition) is 5. The van der Waals surface area contributed by atoms with Crippen molar-refractivity contribution in [3.8, 4) is 0 Å². The summed E-state index contributed by atoms with van der Waals surface area (Å²) in [6, 6.07) is 4.13. The number of aryl methyl sites for hydroxylation is 2. The molecule has 2 aliphatic heterocycles. The quantitative estimate of drug-likeness (QED) is 0.855. The Morgan fingerprint density at radius 2 is 2.00 bits per heavy atom. The van der Waals surface area contributed by atoms with Crippen molar-refractivity contribution >= 4 is 5.91 Å². The van der Waals surface area contributed by atoms with Gasteiger partial charge in [0.1, 0.15) is 5.76 Å². The molecule has 25 heavy (non-hydrogen) atoms. The van der Waals surface area contributed by atoms with Crippen molar-refractivity contribution in [1.29, 1.82) is 0 Å². The summed E-state index contributed by atoms with van der Waals surface area (Å²) < 4.78 is 5.24. The van der Waals surface area contributed by atoms with E-state index in [0.717, 1.165) is 49.6 Å². The molecule has 1 atom stereocenters. The van der Waals surface area contributed by atoms with E-state index in [1.165, 1.54) is 5.56 Å². The van der Waals surface area contributed by atoms with Crippen LogP contribution in [0.2, 0.25) is 0 Å². The summed E-state index contributed by atoms with van der Waals surface area (Å²) in [5.41, 5.74) is 3.32. The highest BCUT2D eigenvalue weighted by Gasteiger charge is 2.47. The zero-order valence-corrected chi connectivity index (χ0v) is 14.9. The minimum atomic E-state index is 0.100. The Kier molecular flexibility index (Phi) is 4.07. The van der Waals surface area contributed by atoms with Crippen molar-refractivity contribution in [1.82, 2.24) is 19.9 Å². The first kappa shape index (κ1) is 16.3. The number of hydrogen-bond donors (Lipinski definition) is 0. The standard InChI is InChI=1S/C19H24N4O2/c1-14-17(15(2)25-21-14)11-23-13-19(9-18(23)24)5-8-22(12-19)10-16-3-6-20-7-4-16/h3-4,6-7H,5,8-13H2,1-2H3/t19-/m0/s1. The van der Waals surface area contributed by atoms with Gasteiger partial charge < -0.3 is 9.42 Å². The predicted molar refractivity (Wildman–Crippen MR) is 92.6 cm³/mol. The normalized spacial score (nSPS) is 23.9. The Bertz CT molecular complexity index is 753. The van der Waals surface area contributed by atoms with Crippen LogP contribution in [0.25, 0.3) is 0 Å². The average Bonchev–Trinajstić information content (AvgIpc) is 3.23. The zero-order chi connectivity index (χ0) is 17.4. The smallest absolute Gasteiger partial charge is 0.223 e. The third kappa shape index (κ3) is 3.18. The third-order valence-electron chi connectivity index (χ3n) is 5.61. The lowest BCUT2D eigenvalue weighted by Gasteiger charge is -2.24. The number of likely N-dealkylation sites (tertiary alicyclic amines) is 2. The molecule has 1 amide bonds. The molecule has 6 heteroatoms. The number of carbonyl (C=O) groups is 1. The summed E-state index contributed by atoms with van der Waals surface area (Å²) in [5.74, 6) is 1.07. The van der Waals surface area contributed by atoms with Crippen LogP contribution in [-0.2, 0) is 17.9 Å². The van der Waals surface area contributed by atoms with Crippen LogP contribution in [0.5, 0.6) is 0 Å². The number of pyridine rings is 1. The molecular weight excluding hydrogens is 316 g/mol. The number of rotatable bonds is 4. The van der Waals surface area contributed by atoms with E-state index in [-0.39, 0.29) is 11.3 Å². The largest absolute Gasteiger partial charge is 0.361 e. The van der Waals surface area contributed by atoms with Gasteiger partial charge in [-0.1, -0.05) is 5.16 Å². The Morgan fingerprint density at radius 1 is 1.20 bits per heavy atom. The Morgan fingerprint density at radius 3 is 2.72 bits per heavy atom. The number of aromatic nitrogens is 2. The van der Waals surface area contributed by atoms with Gasteiger partial charge in [0.25, 0.3) is 0 Å². The van der Waals surface area contributed by atoms with E-state index in [2.05, 4.69) is 27.2 Å². The van der Waals surface area contributed by atoms with Crippen LogP contribution in [-0.4, -0.2) is 45.5 Å². The number of nitrogens with zero attached hydrogens (tertiary/aromatic N) is 4. The lowest BCUT2D eigenvalue weighted by atomic mass is 9.86. The van der Waals surface area contributed by atoms with Crippen LogP contribution in [0.3, 0.4) is 0 Å². The minimum absolute atomic E-state index is 0.100. The fourth-order valence-corrected chi connectivity index (χ4v) is 4.23. The summed E-state index contributed by atoms with van der Waals surface area (Å²) in [6.45, 7) is 8.27. The van der Waals surface area contributed by atoms with Gasteiger partial charge in [-0.05, 0) is 44.5 Å². The van der Waals surface area contributed by atoms with Gasteiger partial charge >= 0.3 is 0 Å². The van der Waals surface area contributed by atoms with Crippen LogP contribution in [0.1, 0.15) is 35.4 Å². The second-order valence-corrected chi connectivity index (χ2v) is 7.55. The van der Waals surface area contributed by atoms with E-state index >= 15 is 0 Å². The van der Waals surface area contributed by atoms with Gasteiger partial charge in [-0.15, -0.1) is 0 Å². The molecule has 4 heterocycles. The van der Waals surface area contributed by atoms with Gasteiger partial charge in [-0.3, -0.25) is 14.7 Å². The molecule has 132 valence electrons. The van der Waals surface area contributed by atoms with Crippen molar-refractivity contribution in [3.63, 3.8) is 0 Å². The molecule has 0 unspecified atom stereocenters. The van der Waals surface area contributed by atoms with Crippen LogP contribution in [0, 0.1) is 19.3 Å². The summed E-state index contributed by atoms with van der Waals surface area (Å²) in [7, 11) is 0. The number of amides is 1. The molecule has 6 nitrogen and oxygen atoms in total. The molecule has 2 fully saturated rings. The first-order valence-electron chi connectivity index (χ1n) is 8.85. The second kappa shape index (κ2) is 6.26. The Hall–Kier alpha value is -2.21. The van der Waals surface area contributed by atoms with Crippen molar-refractivity contribution in [2.75, 3.05) is 19.6 Å². The van der Waals surface area contributed by atoms with Crippen molar-refractivity contribution in [2.24, 2.45) is 5.41 Å². The molecule has 1 spiro atoms. The van der Waals surface area contributed by atoms with Crippen LogP contribution in [0.15, 0.2) is 29.0 Å². The van der Waals surface area contributed by atoms with E-state index in [1.807, 2.05) is 31.1 Å². The van der Waals surface area contributed by atoms with Crippen LogP contribution >= 0.6 is 0 Å². The van der Waals surface area contributed by atoms with E-state index in [1.54, 1.807) is 0 Å². The molecular formula is C19H24N4O2. The molecule has 0 saturated carbocycles. The van der Waals surface area contributed by atoms with Crippen molar-refractivity contribution < 1.29 is 9.32 Å². The molecule has 0 radical (unpaired) electrons. The third-order valence-corrected chi connectivity index (χ3v) is 5.61. The van der Waals surface area contributed by atoms with E-state index in [4.69, 9.17) is 4.52 Å². The Labute approximate surface area is 147 Å². The van der Waals surface area contributed by atoms with Gasteiger partial charge in [0.2, 0.25) is 5.91 Å². The second-order valence-electron chi connectivity index (χ2n) is 7.55. The van der Waals surface area contributed by atoms with E-state index < -0.39 is 0 Å². The van der Waals surface area contributed by atoms with E-state index in [9.17, 15) is 4.79 Å². The van der Waals surface area contributed by atoms with Gasteiger partial charge in [-0.2, -0.15) is 0 Å². The first-order chi connectivity index (χ1) is 12.0. The molecule has 2 saturated heterocycles. The predicted octanol–water partition coefficient (Wildman–Crippen LogP) is 2.31. The topological polar surface area (TPSA) is 62.5 Å². The molecule has 0 bridgehead atoms. The average molecular weight is 340 g/mol. The molecule has 2 aliphatic rings. The van der Waals surface area contributed by atoms with Gasteiger partial charge in [0, 0.05) is 49.4 Å². The summed E-state index contributed by atoms with van der Waals surface area (Å²) in [5, 5.41) is 4.00. The molecule has 2 aromatic heterocycles. The van der Waals surface area contributed by atoms with Crippen molar-refractivity contribution in [2.45, 2.75) is 39.8 Å². The Balaban J connectivity index is 1.42. The fourth-order valence-electron chi connectivity index (χ4n) is 4.23. The first-order valence-corrected chi connectivity index (χ1v) is 8.85. The van der Waals surface area contributed by atoms with Gasteiger partial charge in [0.05, 0.1) is 12.2 Å². The number of carbonyl (C=O) groups excluding carboxylic acids is 1. The maximum atomic E-state index is 12.6. The molecule has 0 aliphatic carbocycles. The molecule has 0 aromatic carbocycles. The van der Waals surface area contributed by atoms with Crippen LogP contribution in [0.4, 0.5) is 0 Å². The van der Waals surface area contributed by atoms with Crippen molar-refractivity contribution in [3.05, 3.63) is 47.1 Å². The fraction of sp³-hybridized carbons (Fsp3) is 0.526. The van der Waals surface area contributed by atoms with E-state index in [0.29, 0.717) is 13.0 Å². The minimum Gasteiger partial charge on any atom is -0.361 e. The summed E-state index contributed by atoms with van der Waals surface area (Å²) >= 11 is 0. The molecule has 4 rings (SSSR count). The lowest BCUT2D eigenvalue weighted by Crippen LogP contribution is -2.31. The summed E-state index contributed by atoms with van der Waals surface area (Å²) in [4.78, 5) is 21.1. The molecule has 0 N–H and O–H groups in total. The highest BCUT2D eigenvalue weighted by atomic mass is 16.5. The van der Waals surface area contributed by atoms with Gasteiger partial charge in [-0.25, -0.2) is 0 Å². The van der Waals surface area contributed by atoms with Crippen LogP contribution < -0.4 is 0 Å². The highest BCUT2D eigenvalue weighted by Crippen LogP contribution is 2.41. The highest BCUT2D eigenvalue weighted by molar-refractivity contribution is 5.79. The monoisotopic (exact) mass is 340 g/mol.